The second kappa shape index (κ2) is 12.5. The molecule has 0 fully saturated rings. The number of nitrogen functional groups attached to an aromatic ring is 1. The van der Waals surface area contributed by atoms with E-state index < -0.39 is 10.0 Å². The zero-order valence-corrected chi connectivity index (χ0v) is 23.3. The van der Waals surface area contributed by atoms with E-state index in [-0.39, 0.29) is 16.3 Å². The number of primary sulfonamides is 1. The molecule has 4 rings (SSSR count). The summed E-state index contributed by atoms with van der Waals surface area (Å²) in [5.74, 6) is -0.00746. The van der Waals surface area contributed by atoms with Gasteiger partial charge < -0.3 is 10.3 Å². The monoisotopic (exact) mass is 542 g/mol. The normalized spacial score (nSPS) is 14.3. The maximum atomic E-state index is 12.8. The average Bonchev–Trinajstić information content (AvgIpc) is 3.18. The fraction of sp³-hybridized carbons (Fsp3) is 0.161. The molecule has 2 aromatic carbocycles. The first kappa shape index (κ1) is 29.3. The summed E-state index contributed by atoms with van der Waals surface area (Å²) in [4.78, 5) is 12.9. The molecule has 8 heteroatoms. The second-order valence-corrected chi connectivity index (χ2v) is 10.3. The molecule has 1 aromatic heterocycles. The number of nitrogens with one attached hydrogen (secondary N) is 1. The molecule has 1 aliphatic rings. The lowest BCUT2D eigenvalue weighted by atomic mass is 10.0. The number of aromatic nitrogens is 1. The van der Waals surface area contributed by atoms with Gasteiger partial charge in [0.05, 0.1) is 11.4 Å². The van der Waals surface area contributed by atoms with E-state index in [2.05, 4.69) is 6.58 Å². The van der Waals surface area contributed by atoms with Crippen molar-refractivity contribution in [2.24, 2.45) is 10.9 Å². The second-order valence-electron chi connectivity index (χ2n) is 8.74. The van der Waals surface area contributed by atoms with Crippen LogP contribution in [0.2, 0.25) is 0 Å². The summed E-state index contributed by atoms with van der Waals surface area (Å²) in [7, 11) is -3.94. The van der Waals surface area contributed by atoms with E-state index in [4.69, 9.17) is 16.3 Å². The van der Waals surface area contributed by atoms with Crippen LogP contribution in [-0.2, 0) is 16.6 Å². The average molecular weight is 543 g/mol. The number of nitrogens with zero attached hydrogens (tertiary/aromatic N) is 1. The van der Waals surface area contributed by atoms with Crippen molar-refractivity contribution in [1.82, 2.24) is 4.57 Å². The van der Waals surface area contributed by atoms with Gasteiger partial charge in [-0.1, -0.05) is 69.0 Å². The third-order valence-corrected chi connectivity index (χ3v) is 7.27. The molecule has 5 N–H and O–H groups in total. The van der Waals surface area contributed by atoms with Gasteiger partial charge in [0.15, 0.2) is 0 Å². The van der Waals surface area contributed by atoms with Crippen LogP contribution in [-0.4, -0.2) is 18.8 Å². The van der Waals surface area contributed by atoms with Gasteiger partial charge in [-0.3, -0.25) is 10.2 Å². The number of fused-ring (bicyclic) bond motifs is 1. The number of pyridine rings is 1. The van der Waals surface area contributed by atoms with Crippen molar-refractivity contribution < 1.29 is 8.42 Å². The zero-order valence-electron chi connectivity index (χ0n) is 22.4. The molecule has 0 amide bonds. The van der Waals surface area contributed by atoms with Crippen LogP contribution in [0.1, 0.15) is 38.3 Å². The minimum absolute atomic E-state index is 0.00746. The third-order valence-electron chi connectivity index (χ3n) is 6.28. The fourth-order valence-corrected chi connectivity index (χ4v) is 5.15. The number of nitrogens with two attached hydrogens (primary N) is 2. The molecule has 1 heterocycles. The molecule has 3 aromatic rings. The molecule has 0 unspecified atom stereocenters. The van der Waals surface area contributed by atoms with Gasteiger partial charge in [0.25, 0.3) is 5.56 Å². The Morgan fingerprint density at radius 2 is 1.79 bits per heavy atom. The lowest BCUT2D eigenvalue weighted by Gasteiger charge is -2.12. The molecular formula is C31H34N4O3S. The number of hydrogen-bond acceptors (Lipinski definition) is 4. The van der Waals surface area contributed by atoms with Crippen LogP contribution in [0.5, 0.6) is 0 Å². The molecule has 39 heavy (non-hydrogen) atoms. The Balaban J connectivity index is 0.00000205. The standard InChI is InChI=1S/C29H28N4O3S.C2H6/c1-3-21(26-7-5-4-6-8-27(26)37(32,35)36)16-23-13-14-28(34)33(19(23)2)18-20-9-10-22-11-12-24(29(30)31)17-25(22)15-20;1-2/h3-6,8-17H,2,7,18H2,1H3,(H3,30,31)(H2,32,35,36);1-2H3/b21-3+,23-16-;. The van der Waals surface area contributed by atoms with Crippen molar-refractivity contribution in [1.29, 1.82) is 5.41 Å². The van der Waals surface area contributed by atoms with Crippen LogP contribution in [0, 0.1) is 5.41 Å². The quantitative estimate of drug-likeness (QED) is 0.325. The lowest BCUT2D eigenvalue weighted by Crippen LogP contribution is -2.42. The number of hydrogen-bond donors (Lipinski definition) is 3. The minimum atomic E-state index is -3.94. The van der Waals surface area contributed by atoms with E-state index >= 15 is 0 Å². The molecule has 0 aliphatic heterocycles. The molecule has 202 valence electrons. The molecule has 0 saturated heterocycles. The Morgan fingerprint density at radius 3 is 2.46 bits per heavy atom. The summed E-state index contributed by atoms with van der Waals surface area (Å²) in [5, 5.41) is 16.3. The highest BCUT2D eigenvalue weighted by Crippen LogP contribution is 2.26. The van der Waals surface area contributed by atoms with Crippen LogP contribution in [0.25, 0.3) is 23.4 Å². The van der Waals surface area contributed by atoms with Crippen molar-refractivity contribution in [2.45, 2.75) is 33.7 Å². The van der Waals surface area contributed by atoms with Gasteiger partial charge >= 0.3 is 0 Å². The number of amidine groups is 1. The third kappa shape index (κ3) is 6.79. The summed E-state index contributed by atoms with van der Waals surface area (Å²) in [6.07, 6.45) is 10.8. The van der Waals surface area contributed by atoms with E-state index in [0.29, 0.717) is 40.2 Å². The van der Waals surface area contributed by atoms with Crippen LogP contribution in [0.3, 0.4) is 0 Å². The van der Waals surface area contributed by atoms with Crippen LogP contribution in [0.15, 0.2) is 99.8 Å². The Labute approximate surface area is 229 Å². The fourth-order valence-electron chi connectivity index (χ4n) is 4.33. The summed E-state index contributed by atoms with van der Waals surface area (Å²) >= 11 is 0. The van der Waals surface area contributed by atoms with Crippen LogP contribution < -0.4 is 27.0 Å². The number of allylic oxidation sites excluding steroid dienone is 7. The summed E-state index contributed by atoms with van der Waals surface area (Å²) in [6, 6.07) is 14.6. The zero-order chi connectivity index (χ0) is 28.7. The molecule has 0 atom stereocenters. The first-order valence-electron chi connectivity index (χ1n) is 12.6. The Morgan fingerprint density at radius 1 is 1.08 bits per heavy atom. The Bertz CT molecular complexity index is 1830. The van der Waals surface area contributed by atoms with E-state index in [0.717, 1.165) is 16.3 Å². The number of benzene rings is 2. The van der Waals surface area contributed by atoms with Gasteiger partial charge in [-0.05, 0) is 76.4 Å². The smallest absolute Gasteiger partial charge is 0.251 e. The molecular weight excluding hydrogens is 508 g/mol. The largest absolute Gasteiger partial charge is 0.384 e. The van der Waals surface area contributed by atoms with Crippen molar-refractivity contribution >= 4 is 39.3 Å². The van der Waals surface area contributed by atoms with E-state index in [9.17, 15) is 13.2 Å². The van der Waals surface area contributed by atoms with Crippen LogP contribution in [0.4, 0.5) is 0 Å². The maximum Gasteiger partial charge on any atom is 0.251 e. The van der Waals surface area contributed by atoms with E-state index in [1.165, 1.54) is 12.1 Å². The summed E-state index contributed by atoms with van der Waals surface area (Å²) in [5.41, 5.74) is 8.21. The number of sulfonamides is 1. The van der Waals surface area contributed by atoms with Crippen molar-refractivity contribution in [3.8, 4) is 0 Å². The van der Waals surface area contributed by atoms with E-state index in [1.54, 1.807) is 28.9 Å². The topological polar surface area (TPSA) is 132 Å². The van der Waals surface area contributed by atoms with Gasteiger partial charge in [-0.2, -0.15) is 0 Å². The van der Waals surface area contributed by atoms with Crippen molar-refractivity contribution in [3.05, 3.63) is 127 Å². The summed E-state index contributed by atoms with van der Waals surface area (Å²) < 4.78 is 26.1. The Hall–Kier alpha value is -4.27. The Kier molecular flexibility index (Phi) is 9.40. The van der Waals surface area contributed by atoms with Crippen LogP contribution >= 0.6 is 0 Å². The van der Waals surface area contributed by atoms with Gasteiger partial charge in [0, 0.05) is 17.0 Å². The molecule has 1 aliphatic carbocycles. The predicted molar refractivity (Wildman–Crippen MR) is 162 cm³/mol. The van der Waals surface area contributed by atoms with Crippen molar-refractivity contribution in [2.75, 3.05) is 0 Å². The van der Waals surface area contributed by atoms with Gasteiger partial charge in [-0.25, -0.2) is 13.6 Å². The molecule has 0 spiro atoms. The highest BCUT2D eigenvalue weighted by Gasteiger charge is 2.18. The predicted octanol–water partition coefficient (Wildman–Crippen LogP) is 3.56. The van der Waals surface area contributed by atoms with Gasteiger partial charge in [0.2, 0.25) is 10.0 Å². The highest BCUT2D eigenvalue weighted by atomic mass is 32.2. The summed E-state index contributed by atoms with van der Waals surface area (Å²) in [6.45, 7) is 10.3. The molecule has 0 radical (unpaired) electrons. The van der Waals surface area contributed by atoms with Gasteiger partial charge in [0.1, 0.15) is 5.84 Å². The molecule has 7 nitrogen and oxygen atoms in total. The number of rotatable bonds is 6. The molecule has 0 bridgehead atoms. The first-order chi connectivity index (χ1) is 18.6. The highest BCUT2D eigenvalue weighted by molar-refractivity contribution is 7.93. The lowest BCUT2D eigenvalue weighted by molar-refractivity contribution is 0.604. The molecule has 0 saturated carbocycles. The first-order valence-corrected chi connectivity index (χ1v) is 14.2. The minimum Gasteiger partial charge on any atom is -0.384 e. The van der Waals surface area contributed by atoms with E-state index in [1.807, 2.05) is 69.3 Å². The SMILES string of the molecule is C=c1/c(=C\C(=C/C)C2=C(S(N)(=O)=O)C=CC=CC2)ccc(=O)n1Cc1ccc2ccc(C(=N)N)cc2c1.CC. The maximum absolute atomic E-state index is 12.8. The van der Waals surface area contributed by atoms with Gasteiger partial charge in [-0.15, -0.1) is 0 Å². The van der Waals surface area contributed by atoms with Crippen molar-refractivity contribution in [3.63, 3.8) is 0 Å².